The number of esters is 2. The fraction of sp³-hybridized carbons (Fsp3) is 0.739. The summed E-state index contributed by atoms with van der Waals surface area (Å²) in [5, 5.41) is 0. The first-order chi connectivity index (χ1) is 26.3. The van der Waals surface area contributed by atoms with E-state index >= 15 is 0 Å². The topological polar surface area (TPSA) is 110 Å². The molecular formula is C46H77KO7S. The number of carbonyl (C=O) groups excluding carboxylic acids is 2. The Hall–Kier alpha value is -0.814. The molecule has 0 fully saturated rings. The Bertz CT molecular complexity index is 1240. The van der Waals surface area contributed by atoms with Crippen LogP contribution in [0.15, 0.2) is 47.4 Å². The molecule has 1 rings (SSSR count). The average Bonchev–Trinajstić information content (AvgIpc) is 3.16. The Kier molecular flexibility index (Phi) is 38.1. The second-order valence-electron chi connectivity index (χ2n) is 15.0. The predicted octanol–water partition coefficient (Wildman–Crippen LogP) is 10.8. The molecule has 0 aliphatic heterocycles. The van der Waals surface area contributed by atoms with Crippen LogP contribution in [0.2, 0.25) is 0 Å². The van der Waals surface area contributed by atoms with Gasteiger partial charge in [-0.1, -0.05) is 167 Å². The van der Waals surface area contributed by atoms with E-state index in [1.807, 2.05) is 0 Å². The van der Waals surface area contributed by atoms with Gasteiger partial charge in [0, 0.05) is 0 Å². The van der Waals surface area contributed by atoms with Crippen LogP contribution in [0.4, 0.5) is 0 Å². The van der Waals surface area contributed by atoms with Crippen LogP contribution in [0, 0.1) is 0 Å². The van der Waals surface area contributed by atoms with Crippen molar-refractivity contribution in [1.82, 2.24) is 0 Å². The summed E-state index contributed by atoms with van der Waals surface area (Å²) in [4.78, 5) is 25.2. The number of allylic oxidation sites excluding steroid dienone is 4. The summed E-state index contributed by atoms with van der Waals surface area (Å²) in [5.41, 5.74) is -0.350. The van der Waals surface area contributed by atoms with Crippen LogP contribution in [0.3, 0.4) is 0 Å². The first-order valence-electron chi connectivity index (χ1n) is 22.0. The zero-order valence-electron chi connectivity index (χ0n) is 35.4. The van der Waals surface area contributed by atoms with E-state index in [2.05, 4.69) is 38.2 Å². The molecule has 9 heteroatoms. The van der Waals surface area contributed by atoms with Crippen LogP contribution >= 0.6 is 0 Å². The van der Waals surface area contributed by atoms with Crippen molar-refractivity contribution >= 4 is 22.1 Å². The third-order valence-electron chi connectivity index (χ3n) is 10.00. The smallest absolute Gasteiger partial charge is 0.744 e. The molecule has 310 valence electrons. The second kappa shape index (κ2) is 38.7. The number of hydrogen-bond donors (Lipinski definition) is 0. The molecule has 0 aliphatic carbocycles. The molecule has 0 amide bonds. The van der Waals surface area contributed by atoms with E-state index < -0.39 is 27.0 Å². The SMILES string of the molecule is CCCCCCCCC/C=C/CCCCCCCCOC(=O)c1ccc(S(=O)(=O)[O-])cc1C(=O)OCCCCCCCC/C=C/CCCCCCCCC.[K+]. The number of benzene rings is 1. The largest absolute Gasteiger partial charge is 1.00 e. The summed E-state index contributed by atoms with van der Waals surface area (Å²) in [7, 11) is -4.82. The van der Waals surface area contributed by atoms with Crippen molar-refractivity contribution in [3.63, 3.8) is 0 Å². The number of ether oxygens (including phenoxy) is 2. The Morgan fingerprint density at radius 3 is 1.15 bits per heavy atom. The first-order valence-corrected chi connectivity index (χ1v) is 23.5. The molecule has 0 bridgehead atoms. The molecule has 0 spiro atoms. The van der Waals surface area contributed by atoms with Gasteiger partial charge in [0.05, 0.1) is 29.2 Å². The number of unbranched alkanes of at least 4 members (excludes halogenated alkanes) is 26. The maximum atomic E-state index is 12.9. The van der Waals surface area contributed by atoms with Gasteiger partial charge in [0.2, 0.25) is 0 Å². The molecule has 0 atom stereocenters. The fourth-order valence-electron chi connectivity index (χ4n) is 6.56. The van der Waals surface area contributed by atoms with E-state index in [9.17, 15) is 22.6 Å². The summed E-state index contributed by atoms with van der Waals surface area (Å²) < 4.78 is 45.8. The van der Waals surface area contributed by atoms with Crippen LogP contribution in [0.5, 0.6) is 0 Å². The van der Waals surface area contributed by atoms with Crippen molar-refractivity contribution in [2.75, 3.05) is 13.2 Å². The van der Waals surface area contributed by atoms with Crippen molar-refractivity contribution in [1.29, 1.82) is 0 Å². The molecule has 7 nitrogen and oxygen atoms in total. The molecule has 1 aromatic rings. The average molecular weight is 813 g/mol. The monoisotopic (exact) mass is 813 g/mol. The fourth-order valence-corrected chi connectivity index (χ4v) is 7.06. The van der Waals surface area contributed by atoms with Gasteiger partial charge in [0.25, 0.3) is 0 Å². The Morgan fingerprint density at radius 2 is 0.800 bits per heavy atom. The van der Waals surface area contributed by atoms with Crippen molar-refractivity contribution < 1.29 is 83.4 Å². The summed E-state index contributed by atoms with van der Waals surface area (Å²) in [6.07, 6.45) is 45.0. The molecule has 1 aromatic carbocycles. The van der Waals surface area contributed by atoms with Gasteiger partial charge in [-0.15, -0.1) is 0 Å². The van der Waals surface area contributed by atoms with Gasteiger partial charge in [-0.2, -0.15) is 0 Å². The van der Waals surface area contributed by atoms with E-state index in [0.717, 1.165) is 69.6 Å². The number of hydrogen-bond acceptors (Lipinski definition) is 7. The van der Waals surface area contributed by atoms with E-state index in [0.29, 0.717) is 12.8 Å². The van der Waals surface area contributed by atoms with E-state index in [4.69, 9.17) is 9.47 Å². The van der Waals surface area contributed by atoms with Gasteiger partial charge in [-0.05, 0) is 82.4 Å². The summed E-state index contributed by atoms with van der Waals surface area (Å²) in [6, 6.07) is 3.12. The van der Waals surface area contributed by atoms with Crippen molar-refractivity contribution in [3.05, 3.63) is 53.6 Å². The molecule has 55 heavy (non-hydrogen) atoms. The molecule has 0 unspecified atom stereocenters. The quantitative estimate of drug-likeness (QED) is 0.0216. The molecule has 0 saturated heterocycles. The normalized spacial score (nSPS) is 11.7. The first kappa shape index (κ1) is 54.2. The molecule has 0 N–H and O–H groups in total. The predicted molar refractivity (Wildman–Crippen MR) is 223 cm³/mol. The van der Waals surface area contributed by atoms with Gasteiger partial charge in [0.15, 0.2) is 0 Å². The van der Waals surface area contributed by atoms with Gasteiger partial charge >= 0.3 is 63.3 Å². The number of carbonyl (C=O) groups is 2. The molecular weight excluding hydrogens is 736 g/mol. The third-order valence-corrected chi connectivity index (χ3v) is 10.8. The van der Waals surface area contributed by atoms with Crippen LogP contribution in [0.1, 0.15) is 227 Å². The van der Waals surface area contributed by atoms with Gasteiger partial charge < -0.3 is 14.0 Å². The molecule has 0 aliphatic rings. The van der Waals surface area contributed by atoms with Crippen molar-refractivity contribution in [2.45, 2.75) is 211 Å². The zero-order chi connectivity index (χ0) is 39.4. The molecule has 0 saturated carbocycles. The number of rotatable bonds is 37. The minimum atomic E-state index is -4.82. The zero-order valence-corrected chi connectivity index (χ0v) is 39.4. The summed E-state index contributed by atoms with van der Waals surface area (Å²) in [5.74, 6) is -1.56. The van der Waals surface area contributed by atoms with Crippen molar-refractivity contribution in [3.8, 4) is 0 Å². The summed E-state index contributed by atoms with van der Waals surface area (Å²) >= 11 is 0. The van der Waals surface area contributed by atoms with Crippen LogP contribution in [0.25, 0.3) is 0 Å². The minimum absolute atomic E-state index is 0. The van der Waals surface area contributed by atoms with Gasteiger partial charge in [-0.3, -0.25) is 0 Å². The minimum Gasteiger partial charge on any atom is -0.744 e. The Morgan fingerprint density at radius 1 is 0.491 bits per heavy atom. The standard InChI is InChI=1S/C46H78O7S.K/c1-3-5-7-9-11-13-15-17-19-21-23-25-27-29-31-33-35-39-52-45(47)43-38-37-42(54(49,50)51)41-44(43)46(48)53-40-36-34-32-30-28-26-24-22-20-18-16-14-12-10-8-6-4-2;/h19-22,37-38,41H,3-18,23-36,39-40H2,1-2H3,(H,49,50,51);/q;+1/p-1/b21-19+,22-20+;. The van der Waals surface area contributed by atoms with E-state index in [1.54, 1.807) is 0 Å². The van der Waals surface area contributed by atoms with E-state index in [1.165, 1.54) is 128 Å². The van der Waals surface area contributed by atoms with E-state index in [-0.39, 0.29) is 75.7 Å². The third kappa shape index (κ3) is 31.8. The van der Waals surface area contributed by atoms with Gasteiger partial charge in [-0.25, -0.2) is 18.0 Å². The molecule has 0 radical (unpaired) electrons. The Balaban J connectivity index is 0.0000292. The van der Waals surface area contributed by atoms with Gasteiger partial charge in [0.1, 0.15) is 10.1 Å². The maximum Gasteiger partial charge on any atom is 1.00 e. The second-order valence-corrected chi connectivity index (χ2v) is 16.4. The Labute approximate surface area is 380 Å². The van der Waals surface area contributed by atoms with Crippen LogP contribution < -0.4 is 51.4 Å². The summed E-state index contributed by atoms with van der Waals surface area (Å²) in [6.45, 7) is 4.86. The molecule has 0 aromatic heterocycles. The van der Waals surface area contributed by atoms with Crippen LogP contribution in [-0.4, -0.2) is 38.1 Å². The maximum absolute atomic E-state index is 12.9. The molecule has 0 heterocycles. The van der Waals surface area contributed by atoms with Crippen LogP contribution in [-0.2, 0) is 19.6 Å². The van der Waals surface area contributed by atoms with Crippen molar-refractivity contribution in [2.24, 2.45) is 0 Å².